The number of nitro groups is 1. The van der Waals surface area contributed by atoms with Crippen LogP contribution in [0.1, 0.15) is 20.9 Å². The molecule has 14 heteroatoms. The fraction of sp³-hybridized carbons (Fsp3) is 0.0952. The summed E-state index contributed by atoms with van der Waals surface area (Å²) < 4.78 is 40.5. The van der Waals surface area contributed by atoms with Crippen LogP contribution in [-0.4, -0.2) is 26.8 Å². The summed E-state index contributed by atoms with van der Waals surface area (Å²) in [5.74, 6) is -0.722. The van der Waals surface area contributed by atoms with E-state index in [2.05, 4.69) is 15.6 Å². The van der Waals surface area contributed by atoms with Crippen LogP contribution in [-0.2, 0) is 13.2 Å². The van der Waals surface area contributed by atoms with Crippen molar-refractivity contribution in [3.05, 3.63) is 79.8 Å². The lowest BCUT2D eigenvalue weighted by Crippen LogP contribution is -2.16. The van der Waals surface area contributed by atoms with Crippen molar-refractivity contribution in [2.75, 3.05) is 0 Å². The van der Waals surface area contributed by atoms with Gasteiger partial charge in [-0.1, -0.05) is 29.4 Å². The molecule has 0 saturated heterocycles. The number of rotatable bonds is 6. The molecule has 2 aromatic carbocycles. The first-order valence-electron chi connectivity index (χ1n) is 9.62. The molecule has 0 atom stereocenters. The number of carbonyl (C=O) groups excluding carboxylic acids is 1. The predicted molar refractivity (Wildman–Crippen MR) is 127 cm³/mol. The Bertz CT molecular complexity index is 1470. The molecule has 0 radical (unpaired) electrons. The van der Waals surface area contributed by atoms with Gasteiger partial charge in [0.25, 0.3) is 11.6 Å². The first-order valence-corrected chi connectivity index (χ1v) is 11.6. The number of carbonyl (C=O) groups is 1. The van der Waals surface area contributed by atoms with Gasteiger partial charge in [-0.15, -0.1) is 11.3 Å². The van der Waals surface area contributed by atoms with Crippen molar-refractivity contribution < 1.29 is 22.9 Å². The molecule has 0 unspecified atom stereocenters. The van der Waals surface area contributed by atoms with Gasteiger partial charge in [0.1, 0.15) is 4.83 Å². The highest BCUT2D eigenvalue weighted by atomic mass is 35.5. The van der Waals surface area contributed by atoms with Crippen molar-refractivity contribution >= 4 is 62.7 Å². The second-order valence-corrected chi connectivity index (χ2v) is 9.62. The molecule has 4 rings (SSSR count). The van der Waals surface area contributed by atoms with Gasteiger partial charge in [0.05, 0.1) is 20.9 Å². The lowest BCUT2D eigenvalue weighted by atomic mass is 10.2. The number of halogens is 4. The summed E-state index contributed by atoms with van der Waals surface area (Å²) in [6, 6.07) is 12.4. The monoisotopic (exact) mass is 539 g/mol. The topological polar surface area (TPSA) is 102 Å². The van der Waals surface area contributed by atoms with Gasteiger partial charge < -0.3 is 0 Å². The van der Waals surface area contributed by atoms with E-state index in [0.29, 0.717) is 15.5 Å². The normalized spacial score (nSPS) is 11.9. The zero-order valence-electron chi connectivity index (χ0n) is 17.5. The molecule has 0 aliphatic carbocycles. The van der Waals surface area contributed by atoms with Crippen molar-refractivity contribution in [2.45, 2.75) is 16.0 Å². The van der Waals surface area contributed by atoms with E-state index in [4.69, 9.17) is 11.6 Å². The van der Waals surface area contributed by atoms with Crippen molar-refractivity contribution in [1.82, 2.24) is 15.2 Å². The number of nitrogens with one attached hydrogen (secondary N) is 1. The van der Waals surface area contributed by atoms with E-state index in [-0.39, 0.29) is 20.8 Å². The van der Waals surface area contributed by atoms with E-state index in [1.165, 1.54) is 31.1 Å². The van der Waals surface area contributed by atoms with Gasteiger partial charge in [-0.25, -0.2) is 5.43 Å². The van der Waals surface area contributed by atoms with Gasteiger partial charge in [0, 0.05) is 34.0 Å². The smallest absolute Gasteiger partial charge is 0.266 e. The summed E-state index contributed by atoms with van der Waals surface area (Å²) >= 11 is 7.90. The van der Waals surface area contributed by atoms with E-state index in [1.54, 1.807) is 36.4 Å². The lowest BCUT2D eigenvalue weighted by molar-refractivity contribution is -0.387. The molecular weight excluding hydrogens is 527 g/mol. The molecule has 0 bridgehead atoms. The molecule has 0 aliphatic rings. The quantitative estimate of drug-likeness (QED) is 0.180. The van der Waals surface area contributed by atoms with Gasteiger partial charge in [0.15, 0.2) is 5.69 Å². The standard InChI is InChI=1S/C21H13ClF3N5O3S2/c1-29-20-14(18(28-29)21(23,24)25)9-17(35-20)19(31)27-26-10-11-2-7-16(15(8-11)30(32)33)34-13-5-3-12(22)4-6-13/h2-10H,1H3,(H,27,31)/b26-10-. The second-order valence-electron chi connectivity index (χ2n) is 7.04. The van der Waals surface area contributed by atoms with Gasteiger partial charge in [-0.05, 0) is 36.4 Å². The summed E-state index contributed by atoms with van der Waals surface area (Å²) in [5.41, 5.74) is 1.34. The maximum Gasteiger partial charge on any atom is 0.435 e. The highest BCUT2D eigenvalue weighted by Crippen LogP contribution is 2.38. The van der Waals surface area contributed by atoms with E-state index < -0.39 is 22.7 Å². The third kappa shape index (κ3) is 5.47. The highest BCUT2D eigenvalue weighted by molar-refractivity contribution is 7.99. The summed E-state index contributed by atoms with van der Waals surface area (Å²) in [5, 5.41) is 19.2. The zero-order valence-corrected chi connectivity index (χ0v) is 19.9. The van der Waals surface area contributed by atoms with Crippen molar-refractivity contribution in [1.29, 1.82) is 0 Å². The summed E-state index contributed by atoms with van der Waals surface area (Å²) in [6.45, 7) is 0. The minimum absolute atomic E-state index is 0.0105. The number of alkyl halides is 3. The summed E-state index contributed by atoms with van der Waals surface area (Å²) in [6.07, 6.45) is -3.45. The van der Waals surface area contributed by atoms with Crippen LogP contribution in [0, 0.1) is 10.1 Å². The Hall–Kier alpha value is -3.42. The average molecular weight is 540 g/mol. The number of nitrogens with zero attached hydrogens (tertiary/aromatic N) is 4. The predicted octanol–water partition coefficient (Wildman–Crippen LogP) is 6.13. The Balaban J connectivity index is 1.50. The minimum atomic E-state index is -4.65. The Kier molecular flexibility index (Phi) is 6.83. The summed E-state index contributed by atoms with van der Waals surface area (Å²) in [4.78, 5) is 24.8. The number of aryl methyl sites for hydroxylation is 1. The van der Waals surface area contributed by atoms with E-state index >= 15 is 0 Å². The van der Waals surface area contributed by atoms with Gasteiger partial charge in [0.2, 0.25) is 0 Å². The maximum absolute atomic E-state index is 13.1. The second kappa shape index (κ2) is 9.68. The number of amides is 1. The molecule has 35 heavy (non-hydrogen) atoms. The number of aromatic nitrogens is 2. The first kappa shape index (κ1) is 24.7. The first-order chi connectivity index (χ1) is 16.5. The van der Waals surface area contributed by atoms with Gasteiger partial charge in [-0.3, -0.25) is 19.6 Å². The van der Waals surface area contributed by atoms with Crippen LogP contribution in [0.15, 0.2) is 63.4 Å². The Morgan fingerprint density at radius 2 is 1.97 bits per heavy atom. The molecule has 0 saturated carbocycles. The summed E-state index contributed by atoms with van der Waals surface area (Å²) in [7, 11) is 1.36. The van der Waals surface area contributed by atoms with E-state index in [9.17, 15) is 28.1 Å². The lowest BCUT2D eigenvalue weighted by Gasteiger charge is -2.04. The van der Waals surface area contributed by atoms with Gasteiger partial charge >= 0.3 is 6.18 Å². The Morgan fingerprint density at radius 3 is 2.63 bits per heavy atom. The third-order valence-electron chi connectivity index (χ3n) is 4.60. The molecule has 0 aliphatic heterocycles. The highest BCUT2D eigenvalue weighted by Gasteiger charge is 2.37. The fourth-order valence-corrected chi connectivity index (χ4v) is 5.04. The average Bonchev–Trinajstić information content (AvgIpc) is 3.36. The Morgan fingerprint density at radius 1 is 1.26 bits per heavy atom. The van der Waals surface area contributed by atoms with Crippen LogP contribution < -0.4 is 5.43 Å². The fourth-order valence-electron chi connectivity index (χ4n) is 3.06. The molecule has 8 nitrogen and oxygen atoms in total. The molecular formula is C21H13ClF3N5O3S2. The minimum Gasteiger partial charge on any atom is -0.266 e. The van der Waals surface area contributed by atoms with Crippen LogP contribution in [0.2, 0.25) is 5.02 Å². The molecule has 0 fully saturated rings. The number of benzene rings is 2. The maximum atomic E-state index is 13.1. The molecule has 0 spiro atoms. The van der Waals surface area contributed by atoms with Crippen LogP contribution in [0.25, 0.3) is 10.2 Å². The number of thiophene rings is 1. The van der Waals surface area contributed by atoms with Crippen LogP contribution >= 0.6 is 34.7 Å². The van der Waals surface area contributed by atoms with Crippen molar-refractivity contribution in [3.63, 3.8) is 0 Å². The van der Waals surface area contributed by atoms with Gasteiger partial charge in [-0.2, -0.15) is 23.4 Å². The molecule has 180 valence electrons. The van der Waals surface area contributed by atoms with Crippen molar-refractivity contribution in [2.24, 2.45) is 12.1 Å². The number of hydrogen-bond acceptors (Lipinski definition) is 7. The third-order valence-corrected chi connectivity index (χ3v) is 7.13. The number of hydrazone groups is 1. The zero-order chi connectivity index (χ0) is 25.3. The van der Waals surface area contributed by atoms with Crippen LogP contribution in [0.5, 0.6) is 0 Å². The number of nitro benzene ring substituents is 1. The van der Waals surface area contributed by atoms with E-state index in [0.717, 1.165) is 27.0 Å². The molecule has 2 heterocycles. The number of fused-ring (bicyclic) bond motifs is 1. The van der Waals surface area contributed by atoms with Crippen molar-refractivity contribution in [3.8, 4) is 0 Å². The molecule has 2 aromatic heterocycles. The van der Waals surface area contributed by atoms with E-state index in [1.807, 2.05) is 0 Å². The number of hydrogen-bond donors (Lipinski definition) is 1. The molecule has 4 aromatic rings. The largest absolute Gasteiger partial charge is 0.435 e. The Labute approximate surface area is 208 Å². The molecule has 1 N–H and O–H groups in total. The van der Waals surface area contributed by atoms with Crippen LogP contribution in [0.3, 0.4) is 0 Å². The molecule has 1 amide bonds. The SMILES string of the molecule is Cn1nc(C(F)(F)F)c2cc(C(=O)N/N=C\c3ccc(Sc4ccc(Cl)cc4)c([N+](=O)[O-])c3)sc21. The van der Waals surface area contributed by atoms with Crippen LogP contribution in [0.4, 0.5) is 18.9 Å².